The molecule has 4 aromatic rings. The first kappa shape index (κ1) is 12.3. The minimum atomic E-state index is 0.0588. The molecule has 2 nitrogen and oxygen atoms in total. The first-order valence-electron chi connectivity index (χ1n) is 6.80. The number of aromatic nitrogens is 1. The summed E-state index contributed by atoms with van der Waals surface area (Å²) in [5, 5.41) is 3.29. The number of hydrogen-bond acceptors (Lipinski definition) is 1. The number of rotatable bonds is 2. The van der Waals surface area contributed by atoms with Crippen molar-refractivity contribution >= 4 is 35.6 Å². The Kier molecular flexibility index (Phi) is 2.83. The summed E-state index contributed by atoms with van der Waals surface area (Å²) in [7, 11) is 0.0588. The fraction of sp³-hybridized carbons (Fsp3) is 0. The topological polar surface area (TPSA) is 22.0 Å². The van der Waals surface area contributed by atoms with E-state index in [9.17, 15) is 4.57 Å². The van der Waals surface area contributed by atoms with E-state index in [0.29, 0.717) is 0 Å². The Morgan fingerprint density at radius 1 is 0.667 bits per heavy atom. The number of hydrogen-bond donors (Lipinski definition) is 0. The standard InChI is InChI=1S/C18H12NOP/c20-21-14-11-9-13(10-12-14)19-17-7-3-1-5-15(17)16-6-2-4-8-18(16)19/h1-12H. The van der Waals surface area contributed by atoms with Gasteiger partial charge in [0.2, 0.25) is 0 Å². The van der Waals surface area contributed by atoms with E-state index in [2.05, 4.69) is 53.1 Å². The molecule has 0 saturated heterocycles. The van der Waals surface area contributed by atoms with Crippen LogP contribution in [-0.2, 0) is 4.57 Å². The molecule has 0 fully saturated rings. The molecule has 0 aliphatic heterocycles. The van der Waals surface area contributed by atoms with Crippen molar-refractivity contribution in [2.75, 3.05) is 0 Å². The van der Waals surface area contributed by atoms with Gasteiger partial charge in [0.1, 0.15) is 0 Å². The molecule has 1 heterocycles. The fourth-order valence-corrected chi connectivity index (χ4v) is 3.13. The van der Waals surface area contributed by atoms with E-state index in [1.54, 1.807) is 0 Å². The first-order chi connectivity index (χ1) is 10.4. The molecule has 0 aliphatic carbocycles. The highest BCUT2D eigenvalue weighted by Gasteiger charge is 2.10. The Bertz CT molecular complexity index is 901. The van der Waals surface area contributed by atoms with Gasteiger partial charge >= 0.3 is 0 Å². The molecular weight excluding hydrogens is 277 g/mol. The van der Waals surface area contributed by atoms with Gasteiger partial charge in [0.05, 0.1) is 11.0 Å². The third-order valence-electron chi connectivity index (χ3n) is 3.79. The highest BCUT2D eigenvalue weighted by molar-refractivity contribution is 7.34. The van der Waals surface area contributed by atoms with Gasteiger partial charge in [-0.25, -0.2) is 0 Å². The van der Waals surface area contributed by atoms with Crippen LogP contribution in [0.2, 0.25) is 0 Å². The van der Waals surface area contributed by atoms with Crippen LogP contribution in [0.3, 0.4) is 0 Å². The second kappa shape index (κ2) is 4.83. The van der Waals surface area contributed by atoms with Crippen LogP contribution in [0.4, 0.5) is 0 Å². The molecule has 0 atom stereocenters. The first-order valence-corrected chi connectivity index (χ1v) is 7.62. The van der Waals surface area contributed by atoms with Crippen LogP contribution in [0.25, 0.3) is 27.5 Å². The van der Waals surface area contributed by atoms with Gasteiger partial charge in [-0.15, -0.1) is 0 Å². The SMILES string of the molecule is O=Pc1ccc(-n2c3ccccc3c3ccccc32)cc1. The Morgan fingerprint density at radius 2 is 1.19 bits per heavy atom. The smallest absolute Gasteiger partial charge is 0.192 e. The zero-order valence-corrected chi connectivity index (χ0v) is 12.1. The Labute approximate surface area is 123 Å². The quantitative estimate of drug-likeness (QED) is 0.490. The molecule has 21 heavy (non-hydrogen) atoms. The van der Waals surface area contributed by atoms with E-state index < -0.39 is 0 Å². The summed E-state index contributed by atoms with van der Waals surface area (Å²) in [6.45, 7) is 0. The summed E-state index contributed by atoms with van der Waals surface area (Å²) in [5.41, 5.74) is 3.46. The van der Waals surface area contributed by atoms with E-state index in [4.69, 9.17) is 0 Å². The van der Waals surface area contributed by atoms with E-state index >= 15 is 0 Å². The van der Waals surface area contributed by atoms with Gasteiger partial charge in [-0.3, -0.25) is 4.57 Å². The maximum Gasteiger partial charge on any atom is 0.192 e. The lowest BCUT2D eigenvalue weighted by molar-refractivity contribution is 0.603. The summed E-state index contributed by atoms with van der Waals surface area (Å²) in [4.78, 5) is 0. The lowest BCUT2D eigenvalue weighted by Gasteiger charge is -2.07. The van der Waals surface area contributed by atoms with Gasteiger partial charge in [0.25, 0.3) is 0 Å². The average Bonchev–Trinajstić information content (AvgIpc) is 2.90. The molecule has 4 rings (SSSR count). The molecule has 0 spiro atoms. The van der Waals surface area contributed by atoms with E-state index in [1.807, 2.05) is 24.3 Å². The largest absolute Gasteiger partial charge is 0.309 e. The molecule has 0 radical (unpaired) electrons. The lowest BCUT2D eigenvalue weighted by atomic mass is 10.2. The zero-order valence-electron chi connectivity index (χ0n) is 11.2. The van der Waals surface area contributed by atoms with Crippen LogP contribution in [0, 0.1) is 0 Å². The summed E-state index contributed by atoms with van der Waals surface area (Å²) in [6.07, 6.45) is 0. The lowest BCUT2D eigenvalue weighted by Crippen LogP contribution is -1.96. The van der Waals surface area contributed by atoms with Crippen molar-refractivity contribution in [2.45, 2.75) is 0 Å². The van der Waals surface area contributed by atoms with Crippen LogP contribution < -0.4 is 5.30 Å². The maximum atomic E-state index is 10.9. The van der Waals surface area contributed by atoms with Crippen molar-refractivity contribution in [1.82, 2.24) is 4.57 Å². The highest BCUT2D eigenvalue weighted by atomic mass is 31.1. The Hall–Kier alpha value is -2.44. The molecule has 0 unspecified atom stereocenters. The summed E-state index contributed by atoms with van der Waals surface area (Å²) in [6, 6.07) is 24.6. The van der Waals surface area contributed by atoms with Crippen LogP contribution in [0.5, 0.6) is 0 Å². The predicted octanol–water partition coefficient (Wildman–Crippen LogP) is 4.70. The molecule has 0 bridgehead atoms. The van der Waals surface area contributed by atoms with Crippen molar-refractivity contribution in [3.8, 4) is 5.69 Å². The van der Waals surface area contributed by atoms with Gasteiger partial charge in [-0.1, -0.05) is 36.4 Å². The third kappa shape index (κ3) is 1.88. The number of para-hydroxylation sites is 2. The van der Waals surface area contributed by atoms with Gasteiger partial charge in [0, 0.05) is 21.8 Å². The van der Waals surface area contributed by atoms with Crippen LogP contribution >= 0.6 is 8.46 Å². The van der Waals surface area contributed by atoms with Crippen molar-refractivity contribution in [1.29, 1.82) is 0 Å². The number of nitrogens with zero attached hydrogens (tertiary/aromatic N) is 1. The maximum absolute atomic E-state index is 10.9. The number of benzene rings is 3. The van der Waals surface area contributed by atoms with Crippen molar-refractivity contribution in [3.05, 3.63) is 72.8 Å². The molecule has 0 amide bonds. The molecule has 1 aromatic heterocycles. The van der Waals surface area contributed by atoms with E-state index in [-0.39, 0.29) is 8.46 Å². The van der Waals surface area contributed by atoms with Gasteiger partial charge in [-0.05, 0) is 36.4 Å². The van der Waals surface area contributed by atoms with Crippen molar-refractivity contribution in [3.63, 3.8) is 0 Å². The van der Waals surface area contributed by atoms with Gasteiger partial charge < -0.3 is 4.57 Å². The fourth-order valence-electron chi connectivity index (χ4n) is 2.86. The van der Waals surface area contributed by atoms with E-state index in [0.717, 1.165) is 11.0 Å². The molecule has 0 aliphatic rings. The van der Waals surface area contributed by atoms with Crippen LogP contribution in [-0.4, -0.2) is 4.57 Å². The Morgan fingerprint density at radius 3 is 1.71 bits per heavy atom. The van der Waals surface area contributed by atoms with Gasteiger partial charge in [0.15, 0.2) is 8.46 Å². The second-order valence-corrected chi connectivity index (χ2v) is 5.68. The minimum absolute atomic E-state index is 0.0588. The number of fused-ring (bicyclic) bond motifs is 3. The summed E-state index contributed by atoms with van der Waals surface area (Å²) < 4.78 is 13.2. The monoisotopic (exact) mass is 289 g/mol. The molecular formula is C18H12NOP. The minimum Gasteiger partial charge on any atom is -0.309 e. The highest BCUT2D eigenvalue weighted by Crippen LogP contribution is 2.31. The molecule has 3 aromatic carbocycles. The molecule has 100 valence electrons. The Balaban J connectivity index is 2.11. The second-order valence-electron chi connectivity index (χ2n) is 4.98. The molecule has 3 heteroatoms. The normalized spacial score (nSPS) is 11.4. The van der Waals surface area contributed by atoms with Crippen LogP contribution in [0.1, 0.15) is 0 Å². The summed E-state index contributed by atoms with van der Waals surface area (Å²) in [5.74, 6) is 0. The third-order valence-corrected chi connectivity index (χ3v) is 4.30. The predicted molar refractivity (Wildman–Crippen MR) is 88.0 cm³/mol. The average molecular weight is 289 g/mol. The van der Waals surface area contributed by atoms with E-state index in [1.165, 1.54) is 21.8 Å². The van der Waals surface area contributed by atoms with Gasteiger partial charge in [-0.2, -0.15) is 0 Å². The molecule has 0 saturated carbocycles. The zero-order chi connectivity index (χ0) is 14.2. The van der Waals surface area contributed by atoms with Crippen molar-refractivity contribution < 1.29 is 4.57 Å². The van der Waals surface area contributed by atoms with Crippen LogP contribution in [0.15, 0.2) is 72.8 Å². The summed E-state index contributed by atoms with van der Waals surface area (Å²) >= 11 is 0. The molecule has 0 N–H and O–H groups in total. The van der Waals surface area contributed by atoms with Crippen molar-refractivity contribution in [2.24, 2.45) is 0 Å².